The summed E-state index contributed by atoms with van der Waals surface area (Å²) in [5.74, 6) is -7.18. The van der Waals surface area contributed by atoms with Crippen LogP contribution in [0.4, 0.5) is 4.79 Å². The number of nitrogens with one attached hydrogen (secondary N) is 9. The molecule has 24 nitrogen and oxygen atoms in total. The molecule has 1 fully saturated rings. The molecule has 0 radical (unpaired) electrons. The van der Waals surface area contributed by atoms with Gasteiger partial charge in [-0.15, -0.1) is 0 Å². The molecule has 8 atom stereocenters. The van der Waals surface area contributed by atoms with E-state index in [1.807, 2.05) is 24.3 Å². The molecule has 26 heteroatoms. The number of primary amides is 1. The first-order valence-corrected chi connectivity index (χ1v) is 25.2. The molecule has 10 amide bonds. The molecule has 0 spiro atoms. The van der Waals surface area contributed by atoms with Crippen molar-refractivity contribution >= 4 is 95.4 Å². The number of benzene rings is 2. The molecule has 0 bridgehead atoms. The van der Waals surface area contributed by atoms with Gasteiger partial charge in [-0.3, -0.25) is 43.3 Å². The van der Waals surface area contributed by atoms with E-state index in [-0.39, 0.29) is 62.0 Å². The van der Waals surface area contributed by atoms with E-state index in [2.05, 4.69) is 82.4 Å². The number of aryl methyl sites for hydroxylation is 1. The van der Waals surface area contributed by atoms with Gasteiger partial charge in [-0.2, -0.15) is 25.3 Å². The van der Waals surface area contributed by atoms with Crippen molar-refractivity contribution in [3.8, 4) is 0 Å². The smallest absolute Gasteiger partial charge is 0.325 e. The Morgan fingerprint density at radius 2 is 1.30 bits per heavy atom. The van der Waals surface area contributed by atoms with Gasteiger partial charge >= 0.3 is 6.03 Å². The van der Waals surface area contributed by atoms with Crippen LogP contribution in [0.1, 0.15) is 56.9 Å². The monoisotopic (exact) mass is 1060 g/mol. The first-order valence-electron chi connectivity index (χ1n) is 23.9. The van der Waals surface area contributed by atoms with Crippen LogP contribution in [0.25, 0.3) is 10.9 Å². The van der Waals surface area contributed by atoms with Gasteiger partial charge in [0.05, 0.1) is 6.33 Å². The summed E-state index contributed by atoms with van der Waals surface area (Å²) in [4.78, 5) is 138. The van der Waals surface area contributed by atoms with Crippen molar-refractivity contribution in [3.05, 3.63) is 90.1 Å². The van der Waals surface area contributed by atoms with Gasteiger partial charge in [-0.25, -0.2) is 14.7 Å². The van der Waals surface area contributed by atoms with Crippen LogP contribution >= 0.6 is 25.3 Å². The summed E-state index contributed by atoms with van der Waals surface area (Å²) in [5, 5.41) is 19.4. The SMILES string of the molecule is CC(C)[C@@H]1NC(=O)N([C@@H](CS)C(=O)N[C@H](C)C(=O)N[C@@H](Cc2cnc[nH]2)C(=O)N[C@H](Cc2ccccc2)C(=O)N[C@@H](CCCN=C(N)N)C(=O)N[C@@H](CCc2c[nH]c3ccccc23)C(=O)N[C@@H](CS)C(N)=O)C1=O. The summed E-state index contributed by atoms with van der Waals surface area (Å²) < 4.78 is 0. The van der Waals surface area contributed by atoms with E-state index in [4.69, 9.17) is 17.2 Å². The van der Waals surface area contributed by atoms with E-state index in [9.17, 15) is 43.2 Å². The highest BCUT2D eigenvalue weighted by atomic mass is 32.1. The zero-order valence-corrected chi connectivity index (χ0v) is 42.9. The van der Waals surface area contributed by atoms with Crippen LogP contribution in [-0.2, 0) is 57.6 Å². The third kappa shape index (κ3) is 15.9. The fourth-order valence-corrected chi connectivity index (χ4v) is 8.68. The number of fused-ring (bicyclic) bond motifs is 1. The number of nitrogens with two attached hydrogens (primary N) is 3. The van der Waals surface area contributed by atoms with Crippen LogP contribution in [0.3, 0.4) is 0 Å². The minimum Gasteiger partial charge on any atom is -0.370 e. The number of aromatic nitrogens is 3. The number of aromatic amines is 2. The largest absolute Gasteiger partial charge is 0.370 e. The predicted molar refractivity (Wildman–Crippen MR) is 281 cm³/mol. The molecule has 74 heavy (non-hydrogen) atoms. The first kappa shape index (κ1) is 57.3. The molecule has 2 aromatic carbocycles. The first-order chi connectivity index (χ1) is 35.3. The number of aliphatic imine (C=N–C) groups is 1. The minimum atomic E-state index is -1.40. The number of para-hydroxylation sites is 1. The van der Waals surface area contributed by atoms with Gasteiger partial charge in [-0.1, -0.05) is 62.4 Å². The van der Waals surface area contributed by atoms with Crippen molar-refractivity contribution in [1.29, 1.82) is 0 Å². The zero-order chi connectivity index (χ0) is 54.1. The van der Waals surface area contributed by atoms with Crippen molar-refractivity contribution in [1.82, 2.24) is 57.1 Å². The van der Waals surface area contributed by atoms with Crippen LogP contribution in [0.2, 0.25) is 0 Å². The van der Waals surface area contributed by atoms with Gasteiger partial charge in [0.25, 0.3) is 5.91 Å². The Balaban J connectivity index is 1.38. The lowest BCUT2D eigenvalue weighted by atomic mass is 10.0. The summed E-state index contributed by atoms with van der Waals surface area (Å²) in [7, 11) is 0. The summed E-state index contributed by atoms with van der Waals surface area (Å²) in [6, 6.07) is 5.31. The number of rotatable bonds is 28. The lowest BCUT2D eigenvalue weighted by molar-refractivity contribution is -0.137. The van der Waals surface area contributed by atoms with E-state index < -0.39 is 102 Å². The minimum absolute atomic E-state index is 0.0499. The zero-order valence-electron chi connectivity index (χ0n) is 41.1. The summed E-state index contributed by atoms with van der Waals surface area (Å²) in [6.07, 6.45) is 4.78. The lowest BCUT2D eigenvalue weighted by Gasteiger charge is -2.28. The second-order valence-electron chi connectivity index (χ2n) is 18.0. The van der Waals surface area contributed by atoms with Crippen LogP contribution in [0.5, 0.6) is 0 Å². The van der Waals surface area contributed by atoms with Gasteiger partial charge in [0.2, 0.25) is 41.4 Å². The fraction of sp³-hybridized carbons (Fsp3) is 0.438. The van der Waals surface area contributed by atoms with E-state index >= 15 is 0 Å². The standard InChI is InChI=1S/C48H65N15O9S2/c1-25(2)38-46(71)63(48(72)62-38)37(23-74)45(70)56-26(3)40(65)59-35(19-29-21-52-24-55-29)44(69)60-34(18-27-10-5-4-6-11-27)43(68)57-32(14-9-17-53-47(50)51)41(66)58-33(42(67)61-36(22-73)39(49)64)16-15-28-20-54-31-13-8-7-12-30(28)31/h4-8,10-13,20-21,24-26,32-38,54,73-74H,9,14-19,22-23H2,1-3H3,(H2,49,64)(H,52,55)(H,56,70)(H,57,68)(H,58,66)(H,59,65)(H,60,69)(H,61,67)(H,62,72)(H4,50,51,53)/t26-,32+,33+,34-,35+,36+,37+,38+/m1/s1. The van der Waals surface area contributed by atoms with Crippen LogP contribution in [-0.4, -0.2) is 145 Å². The van der Waals surface area contributed by atoms with Crippen molar-refractivity contribution < 1.29 is 43.2 Å². The predicted octanol–water partition coefficient (Wildman–Crippen LogP) is -1.42. The Labute approximate surface area is 437 Å². The number of hydrogen-bond acceptors (Lipinski definition) is 13. The van der Waals surface area contributed by atoms with Gasteiger partial charge in [0.1, 0.15) is 48.3 Å². The Bertz CT molecular complexity index is 2650. The second kappa shape index (κ2) is 27.4. The van der Waals surface area contributed by atoms with E-state index in [1.54, 1.807) is 50.4 Å². The third-order valence-electron chi connectivity index (χ3n) is 12.2. The maximum absolute atomic E-state index is 14.6. The molecule has 5 rings (SSSR count). The average Bonchev–Trinajstić information content (AvgIpc) is 4.12. The van der Waals surface area contributed by atoms with Gasteiger partial charge in [0.15, 0.2) is 5.96 Å². The molecular weight excluding hydrogens is 995 g/mol. The Morgan fingerprint density at radius 1 is 0.703 bits per heavy atom. The van der Waals surface area contributed by atoms with E-state index in [1.165, 1.54) is 19.4 Å². The molecule has 3 heterocycles. The second-order valence-corrected chi connectivity index (χ2v) is 18.7. The Kier molecular flexibility index (Phi) is 21.2. The number of nitrogens with zero attached hydrogens (tertiary/aromatic N) is 3. The molecule has 0 aliphatic carbocycles. The number of imidazole rings is 1. The van der Waals surface area contributed by atoms with Crippen LogP contribution in [0, 0.1) is 5.92 Å². The van der Waals surface area contributed by atoms with Crippen LogP contribution < -0.4 is 54.4 Å². The Morgan fingerprint density at radius 3 is 1.89 bits per heavy atom. The number of guanidine groups is 1. The molecule has 1 aliphatic rings. The maximum atomic E-state index is 14.6. The highest BCUT2D eigenvalue weighted by Gasteiger charge is 2.45. The summed E-state index contributed by atoms with van der Waals surface area (Å²) in [5.41, 5.74) is 19.4. The van der Waals surface area contributed by atoms with Crippen molar-refractivity contribution in [2.75, 3.05) is 18.1 Å². The molecule has 4 aromatic rings. The van der Waals surface area contributed by atoms with Gasteiger partial charge in [-0.05, 0) is 55.7 Å². The maximum Gasteiger partial charge on any atom is 0.325 e. The third-order valence-corrected chi connectivity index (χ3v) is 12.9. The topological polar surface area (TPSA) is 376 Å². The summed E-state index contributed by atoms with van der Waals surface area (Å²) in [6.45, 7) is 4.88. The molecule has 2 aromatic heterocycles. The number of hydrogen-bond donors (Lipinski definition) is 14. The number of carbonyl (C=O) groups is 9. The molecule has 0 saturated carbocycles. The normalized spacial score (nSPS) is 16.1. The number of urea groups is 1. The molecule has 0 unspecified atom stereocenters. The van der Waals surface area contributed by atoms with E-state index in [0.717, 1.165) is 21.4 Å². The molecular formula is C48H65N15O9S2. The average molecular weight is 1060 g/mol. The number of amides is 10. The van der Waals surface area contributed by atoms with Crippen molar-refractivity contribution in [3.63, 3.8) is 0 Å². The molecule has 1 saturated heterocycles. The van der Waals surface area contributed by atoms with Gasteiger partial charge < -0.3 is 64.4 Å². The fourth-order valence-electron chi connectivity index (χ4n) is 8.07. The highest BCUT2D eigenvalue weighted by Crippen LogP contribution is 2.21. The number of imide groups is 1. The molecule has 15 N–H and O–H groups in total. The Hall–Kier alpha value is -7.61. The number of thiol groups is 2. The summed E-state index contributed by atoms with van der Waals surface area (Å²) >= 11 is 8.36. The number of H-pyrrole nitrogens is 2. The molecule has 1 aliphatic heterocycles. The van der Waals surface area contributed by atoms with Gasteiger partial charge in [0, 0.05) is 59.9 Å². The van der Waals surface area contributed by atoms with E-state index in [0.29, 0.717) is 17.7 Å². The van der Waals surface area contributed by atoms with Crippen LogP contribution in [0.15, 0.2) is 78.3 Å². The quantitative estimate of drug-likeness (QED) is 0.0103. The van der Waals surface area contributed by atoms with Crippen molar-refractivity contribution in [2.24, 2.45) is 28.1 Å². The highest BCUT2D eigenvalue weighted by molar-refractivity contribution is 7.80. The molecule has 398 valence electrons. The lowest BCUT2D eigenvalue weighted by Crippen LogP contribution is -2.60. The number of carbonyl (C=O) groups excluding carboxylic acids is 9. The van der Waals surface area contributed by atoms with Crippen molar-refractivity contribution in [2.45, 2.75) is 108 Å².